The van der Waals surface area contributed by atoms with Gasteiger partial charge in [-0.05, 0) is 42.7 Å². The smallest absolute Gasteiger partial charge is 0.263 e. The number of hydrogen-bond acceptors (Lipinski definition) is 5. The van der Waals surface area contributed by atoms with Crippen LogP contribution in [0.25, 0.3) is 0 Å². The number of nitrogens with zero attached hydrogens (tertiary/aromatic N) is 2. The minimum absolute atomic E-state index is 0.0858. The number of fused-ring (bicyclic) bond motifs is 2. The first-order chi connectivity index (χ1) is 14.3. The Balaban J connectivity index is 1.34. The zero-order chi connectivity index (χ0) is 21.3. The summed E-state index contributed by atoms with van der Waals surface area (Å²) in [7, 11) is -3.58. The molecular weight excluding hydrogens is 426 g/mol. The molecule has 0 spiro atoms. The number of halogens is 1. The van der Waals surface area contributed by atoms with E-state index in [0.29, 0.717) is 23.0 Å². The first-order valence-electron chi connectivity index (χ1n) is 9.87. The van der Waals surface area contributed by atoms with Crippen molar-refractivity contribution in [1.29, 1.82) is 0 Å². The van der Waals surface area contributed by atoms with Crippen LogP contribution >= 0.6 is 11.6 Å². The van der Waals surface area contributed by atoms with Crippen molar-refractivity contribution in [3.05, 3.63) is 53.1 Å². The van der Waals surface area contributed by atoms with E-state index in [4.69, 9.17) is 16.3 Å². The standard InChI is InChI=1S/C21H24ClN3O4S/c1-30(27,28)25-14-20(29-19-8-7-16(22)13-18(19)25)21(26)23-10-4-11-24-12-9-15-5-2-3-6-17(15)24/h2-3,5-8,13,20H,4,9-12,14H2,1H3,(H,23,26)/t20-/m1/s1. The number of amides is 1. The molecule has 1 amide bonds. The Morgan fingerprint density at radius 1 is 1.23 bits per heavy atom. The van der Waals surface area contributed by atoms with E-state index in [2.05, 4.69) is 28.4 Å². The quantitative estimate of drug-likeness (QED) is 0.685. The number of sulfonamides is 1. The third-order valence-corrected chi connectivity index (χ3v) is 6.75. The van der Waals surface area contributed by atoms with Gasteiger partial charge in [-0.25, -0.2) is 8.42 Å². The summed E-state index contributed by atoms with van der Waals surface area (Å²) in [5.74, 6) is -0.00373. The molecule has 160 valence electrons. The molecule has 1 atom stereocenters. The Morgan fingerprint density at radius 3 is 2.83 bits per heavy atom. The molecule has 4 rings (SSSR count). The first-order valence-corrected chi connectivity index (χ1v) is 12.1. The average molecular weight is 450 g/mol. The number of nitrogens with one attached hydrogen (secondary N) is 1. The van der Waals surface area contributed by atoms with Crippen molar-refractivity contribution in [3.63, 3.8) is 0 Å². The summed E-state index contributed by atoms with van der Waals surface area (Å²) in [4.78, 5) is 15.0. The van der Waals surface area contributed by atoms with Crippen molar-refractivity contribution < 1.29 is 17.9 Å². The van der Waals surface area contributed by atoms with Gasteiger partial charge in [0.15, 0.2) is 6.10 Å². The molecule has 0 radical (unpaired) electrons. The van der Waals surface area contributed by atoms with Gasteiger partial charge in [0.05, 0.1) is 18.5 Å². The molecule has 0 unspecified atom stereocenters. The van der Waals surface area contributed by atoms with Gasteiger partial charge in [-0.3, -0.25) is 9.10 Å². The number of ether oxygens (including phenoxy) is 1. The first kappa shape index (κ1) is 20.8. The molecule has 2 heterocycles. The van der Waals surface area contributed by atoms with Crippen LogP contribution in [0.3, 0.4) is 0 Å². The van der Waals surface area contributed by atoms with Gasteiger partial charge in [0, 0.05) is 30.3 Å². The lowest BCUT2D eigenvalue weighted by atomic mass is 10.2. The van der Waals surface area contributed by atoms with Crippen LogP contribution in [0.2, 0.25) is 5.02 Å². The highest BCUT2D eigenvalue weighted by Gasteiger charge is 2.35. The lowest BCUT2D eigenvalue weighted by Gasteiger charge is -2.34. The predicted octanol–water partition coefficient (Wildman–Crippen LogP) is 2.44. The molecule has 2 aromatic carbocycles. The van der Waals surface area contributed by atoms with Crippen molar-refractivity contribution in [1.82, 2.24) is 5.32 Å². The second-order valence-electron chi connectivity index (χ2n) is 7.52. The molecule has 0 saturated heterocycles. The number of carbonyl (C=O) groups excluding carboxylic acids is 1. The molecule has 2 aliphatic rings. The van der Waals surface area contributed by atoms with Gasteiger partial charge in [0.25, 0.3) is 5.91 Å². The Hall–Kier alpha value is -2.45. The SMILES string of the molecule is CS(=O)(=O)N1C[C@H](C(=O)NCCCN2CCc3ccccc32)Oc2ccc(Cl)cc21. The van der Waals surface area contributed by atoms with Gasteiger partial charge in [0.2, 0.25) is 10.0 Å². The van der Waals surface area contributed by atoms with Crippen molar-refractivity contribution in [3.8, 4) is 5.75 Å². The van der Waals surface area contributed by atoms with E-state index in [1.807, 2.05) is 6.07 Å². The number of anilines is 2. The van der Waals surface area contributed by atoms with Gasteiger partial charge in [0.1, 0.15) is 5.75 Å². The van der Waals surface area contributed by atoms with Gasteiger partial charge in [-0.2, -0.15) is 0 Å². The topological polar surface area (TPSA) is 79.0 Å². The zero-order valence-electron chi connectivity index (χ0n) is 16.7. The summed E-state index contributed by atoms with van der Waals surface area (Å²) >= 11 is 6.00. The lowest BCUT2D eigenvalue weighted by Crippen LogP contribution is -2.50. The van der Waals surface area contributed by atoms with E-state index in [9.17, 15) is 13.2 Å². The normalized spacial score (nSPS) is 17.9. The molecule has 2 aliphatic heterocycles. The third kappa shape index (κ3) is 4.34. The van der Waals surface area contributed by atoms with E-state index >= 15 is 0 Å². The van der Waals surface area contributed by atoms with Crippen molar-refractivity contribution >= 4 is 38.9 Å². The van der Waals surface area contributed by atoms with Gasteiger partial charge < -0.3 is 15.0 Å². The lowest BCUT2D eigenvalue weighted by molar-refractivity contribution is -0.127. The van der Waals surface area contributed by atoms with Crippen LogP contribution in [0.5, 0.6) is 5.75 Å². The zero-order valence-corrected chi connectivity index (χ0v) is 18.2. The molecular formula is C21H24ClN3O4S. The van der Waals surface area contributed by atoms with E-state index in [0.717, 1.165) is 32.2 Å². The Morgan fingerprint density at radius 2 is 2.03 bits per heavy atom. The molecule has 1 N–H and O–H groups in total. The number of hydrogen-bond donors (Lipinski definition) is 1. The van der Waals surface area contributed by atoms with Crippen LogP contribution in [-0.2, 0) is 21.2 Å². The summed E-state index contributed by atoms with van der Waals surface area (Å²) in [6, 6.07) is 13.1. The molecule has 7 nitrogen and oxygen atoms in total. The highest BCUT2D eigenvalue weighted by atomic mass is 35.5. The Kier molecular flexibility index (Phi) is 5.79. The van der Waals surface area contributed by atoms with E-state index in [1.165, 1.54) is 21.6 Å². The molecule has 30 heavy (non-hydrogen) atoms. The third-order valence-electron chi connectivity index (χ3n) is 5.37. The van der Waals surface area contributed by atoms with Crippen LogP contribution in [0.15, 0.2) is 42.5 Å². The Bertz CT molecular complexity index is 1060. The van der Waals surface area contributed by atoms with Crippen LogP contribution in [0, 0.1) is 0 Å². The van der Waals surface area contributed by atoms with Crippen LogP contribution < -0.4 is 19.3 Å². The molecule has 0 aliphatic carbocycles. The summed E-state index contributed by atoms with van der Waals surface area (Å²) in [6.07, 6.45) is 2.02. The molecule has 0 bridgehead atoms. The van der Waals surface area contributed by atoms with Crippen molar-refractivity contribution in [2.24, 2.45) is 0 Å². The summed E-state index contributed by atoms with van der Waals surface area (Å²) in [6.45, 7) is 2.24. The van der Waals surface area contributed by atoms with Gasteiger partial charge >= 0.3 is 0 Å². The average Bonchev–Trinajstić information content (AvgIpc) is 3.12. The van der Waals surface area contributed by atoms with Gasteiger partial charge in [-0.1, -0.05) is 29.8 Å². The van der Waals surface area contributed by atoms with Crippen molar-refractivity contribution in [2.45, 2.75) is 18.9 Å². The molecule has 0 saturated carbocycles. The highest BCUT2D eigenvalue weighted by Crippen LogP contribution is 2.37. The van der Waals surface area contributed by atoms with Crippen LogP contribution in [0.4, 0.5) is 11.4 Å². The maximum atomic E-state index is 12.6. The van der Waals surface area contributed by atoms with Crippen LogP contribution in [0.1, 0.15) is 12.0 Å². The Labute approximate surface area is 181 Å². The maximum absolute atomic E-state index is 12.6. The largest absolute Gasteiger partial charge is 0.476 e. The fourth-order valence-electron chi connectivity index (χ4n) is 3.91. The highest BCUT2D eigenvalue weighted by molar-refractivity contribution is 7.92. The second-order valence-corrected chi connectivity index (χ2v) is 9.87. The summed E-state index contributed by atoms with van der Waals surface area (Å²) < 4.78 is 31.4. The fraction of sp³-hybridized carbons (Fsp3) is 0.381. The monoisotopic (exact) mass is 449 g/mol. The summed E-state index contributed by atoms with van der Waals surface area (Å²) in [5, 5.41) is 3.28. The van der Waals surface area contributed by atoms with Gasteiger partial charge in [-0.15, -0.1) is 0 Å². The van der Waals surface area contributed by atoms with E-state index in [1.54, 1.807) is 12.1 Å². The number of para-hydroxylation sites is 1. The van der Waals surface area contributed by atoms with Crippen molar-refractivity contribution in [2.75, 3.05) is 41.6 Å². The molecule has 9 heteroatoms. The van der Waals surface area contributed by atoms with Crippen LogP contribution in [-0.4, -0.2) is 52.9 Å². The number of benzene rings is 2. The minimum atomic E-state index is -3.58. The number of carbonyl (C=O) groups is 1. The predicted molar refractivity (Wildman–Crippen MR) is 118 cm³/mol. The molecule has 0 aromatic heterocycles. The molecule has 0 fully saturated rings. The second kappa shape index (κ2) is 8.35. The fourth-order valence-corrected chi connectivity index (χ4v) is 4.98. The summed E-state index contributed by atoms with van der Waals surface area (Å²) in [5.41, 5.74) is 2.97. The van der Waals surface area contributed by atoms with E-state index < -0.39 is 16.1 Å². The maximum Gasteiger partial charge on any atom is 0.263 e. The molecule has 2 aromatic rings. The number of rotatable bonds is 6. The van der Waals surface area contributed by atoms with E-state index in [-0.39, 0.29) is 12.5 Å². The minimum Gasteiger partial charge on any atom is -0.476 e.